The number of nitrogens with zero attached hydrogens (tertiary/aromatic N) is 1. The average molecular weight is 442 g/mol. The molecule has 2 aliphatic rings. The van der Waals surface area contributed by atoms with Crippen LogP contribution in [-0.2, 0) is 14.6 Å². The first-order chi connectivity index (χ1) is 15.0. The van der Waals surface area contributed by atoms with Crippen molar-refractivity contribution in [1.29, 1.82) is 0 Å². The molecule has 2 aromatic carbocycles. The van der Waals surface area contributed by atoms with Gasteiger partial charge in [0.25, 0.3) is 0 Å². The van der Waals surface area contributed by atoms with Crippen LogP contribution in [0.25, 0.3) is 5.70 Å². The van der Waals surface area contributed by atoms with Crippen LogP contribution in [0.3, 0.4) is 0 Å². The quantitative estimate of drug-likeness (QED) is 0.659. The molecule has 0 fully saturated rings. The third-order valence-electron chi connectivity index (χ3n) is 4.83. The number of sulfone groups is 1. The van der Waals surface area contributed by atoms with Crippen molar-refractivity contribution in [2.45, 2.75) is 24.2 Å². The number of hydrogen-bond acceptors (Lipinski definition) is 6. The van der Waals surface area contributed by atoms with Gasteiger partial charge in [0.1, 0.15) is 5.84 Å². The Bertz CT molecular complexity index is 1000. The molecule has 2 heterocycles. The molecular formula is C23H27N3O4S. The fraction of sp³-hybridized carbons (Fsp3) is 0.304. The van der Waals surface area contributed by atoms with E-state index in [1.807, 2.05) is 0 Å². The van der Waals surface area contributed by atoms with Crippen molar-refractivity contribution in [3.63, 3.8) is 0 Å². The number of aliphatic imine (C=N–C) groups is 1. The number of aliphatic carboxylic acids is 1. The van der Waals surface area contributed by atoms with Gasteiger partial charge in [-0.25, -0.2) is 8.42 Å². The summed E-state index contributed by atoms with van der Waals surface area (Å²) < 4.78 is 22.5. The number of rotatable bonds is 5. The fourth-order valence-corrected chi connectivity index (χ4v) is 4.33. The van der Waals surface area contributed by atoms with Crippen LogP contribution in [0.2, 0.25) is 0 Å². The highest BCUT2D eigenvalue weighted by atomic mass is 32.2. The smallest absolute Gasteiger partial charge is 0.319 e. The van der Waals surface area contributed by atoms with E-state index in [1.54, 1.807) is 18.2 Å². The Kier molecular flexibility index (Phi) is 7.83. The van der Waals surface area contributed by atoms with Gasteiger partial charge >= 0.3 is 5.97 Å². The van der Waals surface area contributed by atoms with Crippen LogP contribution in [0.5, 0.6) is 0 Å². The first-order valence-electron chi connectivity index (χ1n) is 10.3. The van der Waals surface area contributed by atoms with Gasteiger partial charge in [0.2, 0.25) is 0 Å². The lowest BCUT2D eigenvalue weighted by Crippen LogP contribution is -2.30. The van der Waals surface area contributed by atoms with Gasteiger partial charge in [0, 0.05) is 30.9 Å². The van der Waals surface area contributed by atoms with Crippen molar-refractivity contribution >= 4 is 27.3 Å². The second-order valence-electron chi connectivity index (χ2n) is 7.24. The topological polar surface area (TPSA) is 108 Å². The van der Waals surface area contributed by atoms with E-state index in [4.69, 9.17) is 5.11 Å². The SMILES string of the molecule is C1=C(c2ccc(C3=NCCCN3)cc2)NCCC1.O=C(O)CS(=O)(=O)c1ccccc1. The third-order valence-corrected chi connectivity index (χ3v) is 6.44. The summed E-state index contributed by atoms with van der Waals surface area (Å²) in [5.74, 6) is -1.17. The highest BCUT2D eigenvalue weighted by molar-refractivity contribution is 7.92. The van der Waals surface area contributed by atoms with Gasteiger partial charge in [0.15, 0.2) is 15.6 Å². The van der Waals surface area contributed by atoms with E-state index >= 15 is 0 Å². The van der Waals surface area contributed by atoms with Crippen LogP contribution in [0.1, 0.15) is 30.4 Å². The van der Waals surface area contributed by atoms with Crippen molar-refractivity contribution in [2.75, 3.05) is 25.4 Å². The molecule has 2 aliphatic heterocycles. The summed E-state index contributed by atoms with van der Waals surface area (Å²) in [6, 6.07) is 16.2. The molecule has 3 N–H and O–H groups in total. The van der Waals surface area contributed by atoms with Crippen LogP contribution < -0.4 is 10.6 Å². The molecule has 31 heavy (non-hydrogen) atoms. The Morgan fingerprint density at radius 1 is 0.935 bits per heavy atom. The summed E-state index contributed by atoms with van der Waals surface area (Å²) in [5.41, 5.74) is 3.73. The largest absolute Gasteiger partial charge is 0.480 e. The van der Waals surface area contributed by atoms with Gasteiger partial charge in [-0.15, -0.1) is 0 Å². The van der Waals surface area contributed by atoms with Crippen LogP contribution >= 0.6 is 0 Å². The zero-order valence-corrected chi connectivity index (χ0v) is 18.1. The second kappa shape index (κ2) is 10.8. The number of carbonyl (C=O) groups is 1. The lowest BCUT2D eigenvalue weighted by atomic mass is 10.0. The van der Waals surface area contributed by atoms with Crippen molar-refractivity contribution in [1.82, 2.24) is 10.6 Å². The Hall–Kier alpha value is -3.13. The standard InChI is InChI=1S/C15H19N3.C8H8O4S/c1-2-9-16-14(4-1)12-5-7-13(8-6-12)15-17-10-3-11-18-15;9-8(10)6-13(11,12)7-4-2-1-3-5-7/h4-8,16H,1-3,9-11H2,(H,17,18);1-5H,6H2,(H,9,10). The first kappa shape index (κ1) is 22.6. The molecule has 2 aromatic rings. The monoisotopic (exact) mass is 441 g/mol. The zero-order valence-electron chi connectivity index (χ0n) is 17.3. The van der Waals surface area contributed by atoms with Gasteiger partial charge in [-0.2, -0.15) is 0 Å². The summed E-state index contributed by atoms with van der Waals surface area (Å²) in [4.78, 5) is 14.8. The normalized spacial score (nSPS) is 15.9. The maximum Gasteiger partial charge on any atom is 0.319 e. The maximum atomic E-state index is 11.3. The summed E-state index contributed by atoms with van der Waals surface area (Å²) in [7, 11) is -3.66. The third kappa shape index (κ3) is 6.68. The van der Waals surface area contributed by atoms with Crippen molar-refractivity contribution < 1.29 is 18.3 Å². The minimum Gasteiger partial charge on any atom is -0.480 e. The van der Waals surface area contributed by atoms with Crippen LogP contribution in [-0.4, -0.2) is 50.7 Å². The predicted molar refractivity (Wildman–Crippen MR) is 122 cm³/mol. The molecule has 8 heteroatoms. The van der Waals surface area contributed by atoms with Crippen LogP contribution in [0, 0.1) is 0 Å². The summed E-state index contributed by atoms with van der Waals surface area (Å²) in [6.07, 6.45) is 5.84. The van der Waals surface area contributed by atoms with E-state index in [1.165, 1.54) is 41.8 Å². The molecule has 0 bridgehead atoms. The average Bonchev–Trinajstić information content (AvgIpc) is 2.81. The minimum atomic E-state index is -3.66. The van der Waals surface area contributed by atoms with Gasteiger partial charge < -0.3 is 15.7 Å². The molecule has 0 aromatic heterocycles. The Labute approximate surface area is 182 Å². The number of nitrogens with one attached hydrogen (secondary N) is 2. The van der Waals surface area contributed by atoms with E-state index in [2.05, 4.69) is 46.0 Å². The molecule has 0 unspecified atom stereocenters. The van der Waals surface area contributed by atoms with Crippen molar-refractivity contribution in [2.24, 2.45) is 4.99 Å². The summed E-state index contributed by atoms with van der Waals surface area (Å²) in [6.45, 7) is 3.06. The molecule has 0 aliphatic carbocycles. The van der Waals surface area contributed by atoms with Gasteiger partial charge in [-0.3, -0.25) is 9.79 Å². The number of amidine groups is 1. The van der Waals surface area contributed by atoms with E-state index in [-0.39, 0.29) is 4.90 Å². The molecule has 0 amide bonds. The van der Waals surface area contributed by atoms with E-state index in [0.717, 1.165) is 31.9 Å². The maximum absolute atomic E-state index is 11.3. The Morgan fingerprint density at radius 3 is 2.19 bits per heavy atom. The van der Waals surface area contributed by atoms with Gasteiger partial charge in [0.05, 0.1) is 4.90 Å². The molecular weight excluding hydrogens is 414 g/mol. The van der Waals surface area contributed by atoms with Crippen LogP contribution in [0.15, 0.2) is 70.6 Å². The number of carboxylic acids is 1. The van der Waals surface area contributed by atoms with Gasteiger partial charge in [-0.1, -0.05) is 48.5 Å². The zero-order chi connectivity index (χ0) is 22.1. The Morgan fingerprint density at radius 2 is 1.61 bits per heavy atom. The van der Waals surface area contributed by atoms with Gasteiger partial charge in [-0.05, 0) is 37.0 Å². The van der Waals surface area contributed by atoms with E-state index in [0.29, 0.717) is 0 Å². The highest BCUT2D eigenvalue weighted by Gasteiger charge is 2.17. The lowest BCUT2D eigenvalue weighted by molar-refractivity contribution is -0.134. The number of benzene rings is 2. The molecule has 7 nitrogen and oxygen atoms in total. The molecule has 0 saturated carbocycles. The van der Waals surface area contributed by atoms with Crippen molar-refractivity contribution in [3.05, 3.63) is 71.8 Å². The molecule has 4 rings (SSSR count). The predicted octanol–water partition coefficient (Wildman–Crippen LogP) is 2.70. The van der Waals surface area contributed by atoms with E-state index < -0.39 is 21.6 Å². The molecule has 0 atom stereocenters. The minimum absolute atomic E-state index is 0.0393. The molecule has 0 spiro atoms. The summed E-state index contributed by atoms with van der Waals surface area (Å²) >= 11 is 0. The van der Waals surface area contributed by atoms with Crippen LogP contribution in [0.4, 0.5) is 0 Å². The number of hydrogen-bond donors (Lipinski definition) is 3. The van der Waals surface area contributed by atoms with Crippen molar-refractivity contribution in [3.8, 4) is 0 Å². The molecule has 164 valence electrons. The van der Waals surface area contributed by atoms with E-state index in [9.17, 15) is 13.2 Å². The number of allylic oxidation sites excluding steroid dienone is 1. The fourth-order valence-electron chi connectivity index (χ4n) is 3.27. The second-order valence-corrected chi connectivity index (χ2v) is 9.23. The highest BCUT2D eigenvalue weighted by Crippen LogP contribution is 2.17. The molecule has 0 radical (unpaired) electrons. The molecule has 0 saturated heterocycles. The lowest BCUT2D eigenvalue weighted by Gasteiger charge is -2.17. The Balaban J connectivity index is 0.000000187. The summed E-state index contributed by atoms with van der Waals surface area (Å²) in [5, 5.41) is 15.1. The number of carboxylic acid groups (broad SMARTS) is 1. The first-order valence-corrected chi connectivity index (χ1v) is 11.9.